The van der Waals surface area contributed by atoms with Gasteiger partial charge in [0.2, 0.25) is 0 Å². The topological polar surface area (TPSA) is 43.8 Å². The molecule has 1 aliphatic rings. The van der Waals surface area contributed by atoms with Crippen LogP contribution in [0.4, 0.5) is 0 Å². The van der Waals surface area contributed by atoms with Crippen LogP contribution in [0.3, 0.4) is 0 Å². The van der Waals surface area contributed by atoms with Crippen LogP contribution in [0.2, 0.25) is 0 Å². The highest BCUT2D eigenvalue weighted by molar-refractivity contribution is 5.63. The lowest BCUT2D eigenvalue weighted by atomic mass is 10.0. The first kappa shape index (κ1) is 11.5. The number of fused-ring (bicyclic) bond motifs is 1. The van der Waals surface area contributed by atoms with E-state index in [2.05, 4.69) is 42.8 Å². The number of nitrogens with two attached hydrogens (primary N) is 1. The van der Waals surface area contributed by atoms with E-state index in [-0.39, 0.29) is 6.04 Å². The number of benzene rings is 1. The lowest BCUT2D eigenvalue weighted by molar-refractivity contribution is 0.463. The third-order valence-electron chi connectivity index (χ3n) is 3.70. The smallest absolute Gasteiger partial charge is 0.110 e. The Hall–Kier alpha value is -1.61. The van der Waals surface area contributed by atoms with Crippen molar-refractivity contribution in [1.82, 2.24) is 9.55 Å². The molecule has 0 saturated carbocycles. The molecule has 0 aliphatic carbocycles. The average molecular weight is 241 g/mol. The molecule has 0 radical (unpaired) electrons. The SMILES string of the molecule is Cc1ccc(-c2cn3c(n2)CC(N)CC3)c(C)c1. The van der Waals surface area contributed by atoms with Gasteiger partial charge in [0, 0.05) is 30.8 Å². The van der Waals surface area contributed by atoms with E-state index in [0.717, 1.165) is 30.9 Å². The molecular weight excluding hydrogens is 222 g/mol. The van der Waals surface area contributed by atoms with Crippen molar-refractivity contribution in [1.29, 1.82) is 0 Å². The minimum atomic E-state index is 0.270. The number of hydrogen-bond donors (Lipinski definition) is 1. The van der Waals surface area contributed by atoms with E-state index in [1.807, 2.05) is 0 Å². The fourth-order valence-corrected chi connectivity index (χ4v) is 2.68. The summed E-state index contributed by atoms with van der Waals surface area (Å²) in [6, 6.07) is 6.79. The summed E-state index contributed by atoms with van der Waals surface area (Å²) in [6.07, 6.45) is 4.11. The number of imidazole rings is 1. The van der Waals surface area contributed by atoms with E-state index in [9.17, 15) is 0 Å². The predicted molar refractivity (Wildman–Crippen MR) is 73.4 cm³/mol. The van der Waals surface area contributed by atoms with Crippen molar-refractivity contribution in [3.05, 3.63) is 41.3 Å². The normalized spacial score (nSPS) is 18.7. The van der Waals surface area contributed by atoms with Crippen molar-refractivity contribution in [2.75, 3.05) is 0 Å². The van der Waals surface area contributed by atoms with Crippen LogP contribution < -0.4 is 5.73 Å². The van der Waals surface area contributed by atoms with Crippen LogP contribution in [0.5, 0.6) is 0 Å². The standard InChI is InChI=1S/C15H19N3/c1-10-3-4-13(11(2)7-10)14-9-18-6-5-12(16)8-15(18)17-14/h3-4,7,9,12H,5-6,8,16H2,1-2H3. The van der Waals surface area contributed by atoms with Gasteiger partial charge in [-0.25, -0.2) is 4.98 Å². The van der Waals surface area contributed by atoms with Crippen molar-refractivity contribution in [2.24, 2.45) is 5.73 Å². The average Bonchev–Trinajstić information content (AvgIpc) is 2.71. The number of rotatable bonds is 1. The fourth-order valence-electron chi connectivity index (χ4n) is 2.68. The Morgan fingerprint density at radius 3 is 2.94 bits per heavy atom. The van der Waals surface area contributed by atoms with Gasteiger partial charge in [0.25, 0.3) is 0 Å². The molecule has 2 N–H and O–H groups in total. The van der Waals surface area contributed by atoms with Crippen molar-refractivity contribution in [3.8, 4) is 11.3 Å². The number of aromatic nitrogens is 2. The van der Waals surface area contributed by atoms with Gasteiger partial charge in [0.05, 0.1) is 5.69 Å². The summed E-state index contributed by atoms with van der Waals surface area (Å²) in [5.41, 5.74) is 10.9. The Balaban J connectivity index is 2.02. The van der Waals surface area contributed by atoms with Gasteiger partial charge in [-0.05, 0) is 25.8 Å². The van der Waals surface area contributed by atoms with E-state index in [1.54, 1.807) is 0 Å². The first-order valence-electron chi connectivity index (χ1n) is 6.53. The Morgan fingerprint density at radius 1 is 1.33 bits per heavy atom. The molecular formula is C15H19N3. The Bertz CT molecular complexity index is 583. The zero-order valence-corrected chi connectivity index (χ0v) is 11.0. The summed E-state index contributed by atoms with van der Waals surface area (Å²) in [5.74, 6) is 1.13. The molecule has 1 unspecified atom stereocenters. The van der Waals surface area contributed by atoms with Crippen LogP contribution in [-0.2, 0) is 13.0 Å². The van der Waals surface area contributed by atoms with Crippen LogP contribution >= 0.6 is 0 Å². The van der Waals surface area contributed by atoms with Crippen LogP contribution in [0.25, 0.3) is 11.3 Å². The van der Waals surface area contributed by atoms with Crippen LogP contribution in [0, 0.1) is 13.8 Å². The summed E-state index contributed by atoms with van der Waals surface area (Å²) < 4.78 is 2.25. The van der Waals surface area contributed by atoms with Gasteiger partial charge >= 0.3 is 0 Å². The first-order valence-corrected chi connectivity index (χ1v) is 6.53. The molecule has 0 saturated heterocycles. The highest BCUT2D eigenvalue weighted by Crippen LogP contribution is 2.25. The van der Waals surface area contributed by atoms with Gasteiger partial charge in [-0.1, -0.05) is 23.8 Å². The maximum absolute atomic E-state index is 5.99. The molecule has 18 heavy (non-hydrogen) atoms. The van der Waals surface area contributed by atoms with E-state index in [1.165, 1.54) is 16.7 Å². The molecule has 0 bridgehead atoms. The van der Waals surface area contributed by atoms with Gasteiger partial charge in [0.1, 0.15) is 5.82 Å². The van der Waals surface area contributed by atoms with Gasteiger partial charge in [0.15, 0.2) is 0 Å². The summed E-state index contributed by atoms with van der Waals surface area (Å²) in [7, 11) is 0. The lowest BCUT2D eigenvalue weighted by Crippen LogP contribution is -2.30. The monoisotopic (exact) mass is 241 g/mol. The molecule has 3 nitrogen and oxygen atoms in total. The summed E-state index contributed by atoms with van der Waals surface area (Å²) >= 11 is 0. The second-order valence-corrected chi connectivity index (χ2v) is 5.31. The summed E-state index contributed by atoms with van der Waals surface area (Å²) in [5, 5.41) is 0. The minimum absolute atomic E-state index is 0.270. The number of nitrogens with zero attached hydrogens (tertiary/aromatic N) is 2. The molecule has 1 aliphatic heterocycles. The summed E-state index contributed by atoms with van der Waals surface area (Å²) in [6.45, 7) is 5.26. The molecule has 1 aromatic carbocycles. The van der Waals surface area contributed by atoms with Gasteiger partial charge in [-0.2, -0.15) is 0 Å². The molecule has 2 aromatic rings. The van der Waals surface area contributed by atoms with Crippen molar-refractivity contribution in [3.63, 3.8) is 0 Å². The molecule has 1 atom stereocenters. The Labute approximate surface area is 108 Å². The van der Waals surface area contributed by atoms with E-state index in [0.29, 0.717) is 0 Å². The second-order valence-electron chi connectivity index (χ2n) is 5.31. The quantitative estimate of drug-likeness (QED) is 0.833. The minimum Gasteiger partial charge on any atom is -0.334 e. The lowest BCUT2D eigenvalue weighted by Gasteiger charge is -2.18. The van der Waals surface area contributed by atoms with Crippen molar-refractivity contribution < 1.29 is 0 Å². The van der Waals surface area contributed by atoms with Gasteiger partial charge < -0.3 is 10.3 Å². The third kappa shape index (κ3) is 1.95. The van der Waals surface area contributed by atoms with Crippen molar-refractivity contribution >= 4 is 0 Å². The number of hydrogen-bond acceptors (Lipinski definition) is 2. The Morgan fingerprint density at radius 2 is 2.17 bits per heavy atom. The molecule has 3 heteroatoms. The zero-order chi connectivity index (χ0) is 12.7. The second kappa shape index (κ2) is 4.25. The first-order chi connectivity index (χ1) is 8.63. The van der Waals surface area contributed by atoms with Gasteiger partial charge in [-0.15, -0.1) is 0 Å². The highest BCUT2D eigenvalue weighted by Gasteiger charge is 2.18. The molecule has 0 amide bonds. The maximum Gasteiger partial charge on any atom is 0.110 e. The molecule has 1 aromatic heterocycles. The summed E-state index contributed by atoms with van der Waals surface area (Å²) in [4.78, 5) is 4.74. The maximum atomic E-state index is 5.99. The highest BCUT2D eigenvalue weighted by atomic mass is 15.1. The fraction of sp³-hybridized carbons (Fsp3) is 0.400. The van der Waals surface area contributed by atoms with E-state index >= 15 is 0 Å². The van der Waals surface area contributed by atoms with E-state index in [4.69, 9.17) is 10.7 Å². The van der Waals surface area contributed by atoms with Crippen LogP contribution in [0.15, 0.2) is 24.4 Å². The largest absolute Gasteiger partial charge is 0.334 e. The van der Waals surface area contributed by atoms with Crippen molar-refractivity contribution in [2.45, 2.75) is 39.3 Å². The molecule has 0 fully saturated rings. The molecule has 2 heterocycles. The molecule has 3 rings (SSSR count). The number of aryl methyl sites for hydroxylation is 3. The zero-order valence-electron chi connectivity index (χ0n) is 11.0. The van der Waals surface area contributed by atoms with Gasteiger partial charge in [-0.3, -0.25) is 0 Å². The Kier molecular flexibility index (Phi) is 2.71. The molecule has 94 valence electrons. The van der Waals surface area contributed by atoms with Crippen LogP contribution in [-0.4, -0.2) is 15.6 Å². The van der Waals surface area contributed by atoms with Crippen LogP contribution in [0.1, 0.15) is 23.4 Å². The molecule has 0 spiro atoms. The van der Waals surface area contributed by atoms with E-state index < -0.39 is 0 Å². The third-order valence-corrected chi connectivity index (χ3v) is 3.70. The predicted octanol–water partition coefficient (Wildman–Crippen LogP) is 2.44.